The van der Waals surface area contributed by atoms with E-state index in [9.17, 15) is 53.1 Å². The van der Waals surface area contributed by atoms with Gasteiger partial charge in [0, 0.05) is 0 Å². The summed E-state index contributed by atoms with van der Waals surface area (Å²) >= 11 is 0. The van der Waals surface area contributed by atoms with Gasteiger partial charge in [0.05, 0.1) is 5.92 Å². The van der Waals surface area contributed by atoms with Crippen molar-refractivity contribution in [3.05, 3.63) is 0 Å². The molecule has 0 aromatic carbocycles. The standard InChI is InChI=1S/C11H11F11O2/c1-3-5(2)6(23)24-4-7(12,13)8(14,15)9(16,17)10(18,19)11(20,21)22/h5H,3-4H2,1-2H3. The Morgan fingerprint density at radius 3 is 1.58 bits per heavy atom. The lowest BCUT2D eigenvalue weighted by Crippen LogP contribution is -2.67. The molecule has 0 bridgehead atoms. The highest BCUT2D eigenvalue weighted by Crippen LogP contribution is 2.57. The first-order chi connectivity index (χ1) is 10.4. The molecular weight excluding hydrogens is 373 g/mol. The molecule has 24 heavy (non-hydrogen) atoms. The number of hydrogen-bond donors (Lipinski definition) is 0. The van der Waals surface area contributed by atoms with E-state index < -0.39 is 48.4 Å². The van der Waals surface area contributed by atoms with E-state index in [1.807, 2.05) is 0 Å². The third kappa shape index (κ3) is 3.68. The fourth-order valence-corrected chi connectivity index (χ4v) is 1.17. The first-order valence-corrected chi connectivity index (χ1v) is 6.11. The van der Waals surface area contributed by atoms with Gasteiger partial charge < -0.3 is 4.74 Å². The number of esters is 1. The van der Waals surface area contributed by atoms with E-state index in [0.717, 1.165) is 6.92 Å². The number of halogens is 11. The van der Waals surface area contributed by atoms with Crippen LogP contribution in [-0.4, -0.2) is 42.4 Å². The van der Waals surface area contributed by atoms with E-state index >= 15 is 0 Å². The lowest BCUT2D eigenvalue weighted by atomic mass is 9.98. The summed E-state index contributed by atoms with van der Waals surface area (Å²) in [7, 11) is 0. The molecule has 0 aromatic heterocycles. The molecule has 0 rings (SSSR count). The number of hydrogen-bond acceptors (Lipinski definition) is 2. The summed E-state index contributed by atoms with van der Waals surface area (Å²) in [5, 5.41) is 0. The summed E-state index contributed by atoms with van der Waals surface area (Å²) in [6.07, 6.45) is -7.24. The third-order valence-corrected chi connectivity index (χ3v) is 3.01. The summed E-state index contributed by atoms with van der Waals surface area (Å²) in [5.41, 5.74) is 0. The van der Waals surface area contributed by atoms with Crippen molar-refractivity contribution in [3.63, 3.8) is 0 Å². The molecule has 0 aliphatic carbocycles. The molecule has 144 valence electrons. The summed E-state index contributed by atoms with van der Waals surface area (Å²) in [6, 6.07) is 0. The van der Waals surface area contributed by atoms with Gasteiger partial charge in [-0.15, -0.1) is 0 Å². The van der Waals surface area contributed by atoms with Crippen LogP contribution in [0.2, 0.25) is 0 Å². The molecule has 0 aliphatic rings. The Morgan fingerprint density at radius 1 is 0.833 bits per heavy atom. The fourth-order valence-electron chi connectivity index (χ4n) is 1.17. The maximum absolute atomic E-state index is 13.1. The molecule has 0 aliphatic heterocycles. The maximum atomic E-state index is 13.1. The molecule has 13 heteroatoms. The molecule has 1 unspecified atom stereocenters. The smallest absolute Gasteiger partial charge is 0.459 e. The van der Waals surface area contributed by atoms with Crippen molar-refractivity contribution in [2.24, 2.45) is 5.92 Å². The number of ether oxygens (including phenoxy) is 1. The van der Waals surface area contributed by atoms with Crippen LogP contribution in [-0.2, 0) is 9.53 Å². The fraction of sp³-hybridized carbons (Fsp3) is 0.909. The number of carbonyl (C=O) groups is 1. The van der Waals surface area contributed by atoms with Crippen LogP contribution in [0.15, 0.2) is 0 Å². The summed E-state index contributed by atoms with van der Waals surface area (Å²) in [6.45, 7) is -0.367. The first-order valence-electron chi connectivity index (χ1n) is 6.11. The van der Waals surface area contributed by atoms with Crippen LogP contribution in [0.25, 0.3) is 0 Å². The summed E-state index contributed by atoms with van der Waals surface area (Å²) in [5.74, 6) is -31.0. The van der Waals surface area contributed by atoms with Gasteiger partial charge in [0.2, 0.25) is 0 Å². The second kappa shape index (κ2) is 6.54. The predicted molar refractivity (Wildman–Crippen MR) is 56.3 cm³/mol. The van der Waals surface area contributed by atoms with Crippen LogP contribution in [0, 0.1) is 5.92 Å². The number of alkyl halides is 11. The van der Waals surface area contributed by atoms with Crippen molar-refractivity contribution in [1.29, 1.82) is 0 Å². The Hall–Kier alpha value is -1.30. The molecule has 0 saturated carbocycles. The van der Waals surface area contributed by atoms with Gasteiger partial charge in [-0.25, -0.2) is 0 Å². The number of rotatable bonds is 7. The van der Waals surface area contributed by atoms with Gasteiger partial charge >= 0.3 is 35.8 Å². The first kappa shape index (κ1) is 22.7. The van der Waals surface area contributed by atoms with Crippen LogP contribution in [0.3, 0.4) is 0 Å². The van der Waals surface area contributed by atoms with Crippen molar-refractivity contribution < 1.29 is 57.8 Å². The second-order valence-electron chi connectivity index (χ2n) is 4.84. The minimum Gasteiger partial charge on any atom is -0.459 e. The Bertz CT molecular complexity index is 455. The van der Waals surface area contributed by atoms with Gasteiger partial charge in [0.15, 0.2) is 6.61 Å². The topological polar surface area (TPSA) is 26.3 Å². The molecule has 0 saturated heterocycles. The number of carbonyl (C=O) groups excluding carboxylic acids is 1. The van der Waals surface area contributed by atoms with E-state index in [0.29, 0.717) is 0 Å². The normalized spacial score (nSPS) is 16.0. The van der Waals surface area contributed by atoms with Crippen LogP contribution in [0.5, 0.6) is 0 Å². The van der Waals surface area contributed by atoms with Gasteiger partial charge in [-0.3, -0.25) is 4.79 Å². The minimum atomic E-state index is -7.50. The highest BCUT2D eigenvalue weighted by molar-refractivity contribution is 5.71. The molecule has 0 heterocycles. The van der Waals surface area contributed by atoms with Crippen LogP contribution in [0.4, 0.5) is 48.3 Å². The average Bonchev–Trinajstić information content (AvgIpc) is 2.41. The van der Waals surface area contributed by atoms with Crippen molar-refractivity contribution >= 4 is 5.97 Å². The van der Waals surface area contributed by atoms with E-state index in [-0.39, 0.29) is 6.42 Å². The van der Waals surface area contributed by atoms with Crippen molar-refractivity contribution in [2.75, 3.05) is 6.61 Å². The second-order valence-corrected chi connectivity index (χ2v) is 4.84. The molecule has 0 aromatic rings. The van der Waals surface area contributed by atoms with E-state index in [4.69, 9.17) is 0 Å². The van der Waals surface area contributed by atoms with Crippen LogP contribution < -0.4 is 0 Å². The lowest BCUT2D eigenvalue weighted by Gasteiger charge is -2.37. The van der Waals surface area contributed by atoms with Gasteiger partial charge in [0.25, 0.3) is 0 Å². The monoisotopic (exact) mass is 384 g/mol. The van der Waals surface area contributed by atoms with E-state index in [2.05, 4.69) is 4.74 Å². The van der Waals surface area contributed by atoms with E-state index in [1.54, 1.807) is 0 Å². The zero-order valence-corrected chi connectivity index (χ0v) is 12.0. The summed E-state index contributed by atoms with van der Waals surface area (Å²) in [4.78, 5) is 11.0. The molecule has 2 nitrogen and oxygen atoms in total. The Labute approximate surface area is 127 Å². The Kier molecular flexibility index (Phi) is 6.19. The third-order valence-electron chi connectivity index (χ3n) is 3.01. The van der Waals surface area contributed by atoms with Gasteiger partial charge in [-0.05, 0) is 6.42 Å². The minimum absolute atomic E-state index is 0.0247. The van der Waals surface area contributed by atoms with Gasteiger partial charge in [-0.2, -0.15) is 48.3 Å². The zero-order chi connectivity index (χ0) is 19.8. The Balaban J connectivity index is 5.57. The largest absolute Gasteiger partial charge is 0.460 e. The highest BCUT2D eigenvalue weighted by Gasteiger charge is 2.87. The predicted octanol–water partition coefficient (Wildman–Crippen LogP) is 4.68. The quantitative estimate of drug-likeness (QED) is 0.471. The maximum Gasteiger partial charge on any atom is 0.460 e. The molecule has 0 fully saturated rings. The lowest BCUT2D eigenvalue weighted by molar-refractivity contribution is -0.423. The molecule has 0 spiro atoms. The molecule has 0 N–H and O–H groups in total. The van der Waals surface area contributed by atoms with E-state index in [1.165, 1.54) is 6.92 Å². The van der Waals surface area contributed by atoms with Crippen molar-refractivity contribution in [1.82, 2.24) is 0 Å². The zero-order valence-electron chi connectivity index (χ0n) is 12.0. The molecule has 1 atom stereocenters. The molecule has 0 amide bonds. The van der Waals surface area contributed by atoms with Gasteiger partial charge in [-0.1, -0.05) is 13.8 Å². The average molecular weight is 384 g/mol. The van der Waals surface area contributed by atoms with Crippen LogP contribution >= 0.6 is 0 Å². The van der Waals surface area contributed by atoms with Crippen molar-refractivity contribution in [2.45, 2.75) is 50.1 Å². The van der Waals surface area contributed by atoms with Crippen LogP contribution in [0.1, 0.15) is 20.3 Å². The van der Waals surface area contributed by atoms with Crippen molar-refractivity contribution in [3.8, 4) is 0 Å². The SMILES string of the molecule is CCC(C)C(=O)OCC(F)(F)C(F)(F)C(F)(F)C(F)(F)C(F)(F)F. The molecule has 0 radical (unpaired) electrons. The van der Waals surface area contributed by atoms with Gasteiger partial charge in [0.1, 0.15) is 0 Å². The highest BCUT2D eigenvalue weighted by atomic mass is 19.4. The summed E-state index contributed by atoms with van der Waals surface area (Å²) < 4.78 is 142. The molecular formula is C11H11F11O2. The Morgan fingerprint density at radius 2 is 1.25 bits per heavy atom.